The van der Waals surface area contributed by atoms with Crippen molar-refractivity contribution in [2.45, 2.75) is 6.92 Å². The molecule has 0 aliphatic carbocycles. The zero-order chi connectivity index (χ0) is 12.3. The zero-order valence-electron chi connectivity index (χ0n) is 9.38. The molecular weight excluding hydrogens is 227 g/mol. The number of nitrogens with one attached hydrogen (secondary N) is 1. The van der Waals surface area contributed by atoms with Gasteiger partial charge in [-0.2, -0.15) is 14.4 Å². The zero-order valence-corrected chi connectivity index (χ0v) is 9.38. The molecule has 0 saturated heterocycles. The fourth-order valence-corrected chi connectivity index (χ4v) is 1.12. The van der Waals surface area contributed by atoms with Crippen LogP contribution in [0.25, 0.3) is 0 Å². The maximum atomic E-state index is 13.4. The van der Waals surface area contributed by atoms with Gasteiger partial charge in [0.25, 0.3) is 5.88 Å². The van der Waals surface area contributed by atoms with Crippen LogP contribution in [0.5, 0.6) is 11.9 Å². The SMILES string of the molecule is CCNc1ncc(F)c(Oc2ncn(C)n2)n1. The van der Waals surface area contributed by atoms with E-state index >= 15 is 0 Å². The molecule has 8 heteroatoms. The van der Waals surface area contributed by atoms with Crippen molar-refractivity contribution in [2.75, 3.05) is 11.9 Å². The maximum absolute atomic E-state index is 13.4. The van der Waals surface area contributed by atoms with Crippen molar-refractivity contribution in [3.8, 4) is 11.9 Å². The Hall–Kier alpha value is -2.25. The number of rotatable bonds is 4. The number of aryl methyl sites for hydroxylation is 1. The Labute approximate surface area is 96.7 Å². The first-order valence-electron chi connectivity index (χ1n) is 4.99. The molecule has 2 heterocycles. The third kappa shape index (κ3) is 2.65. The van der Waals surface area contributed by atoms with Crippen molar-refractivity contribution in [3.05, 3.63) is 18.3 Å². The summed E-state index contributed by atoms with van der Waals surface area (Å²) >= 11 is 0. The molecule has 2 rings (SSSR count). The van der Waals surface area contributed by atoms with E-state index < -0.39 is 5.82 Å². The lowest BCUT2D eigenvalue weighted by atomic mass is 10.6. The lowest BCUT2D eigenvalue weighted by Gasteiger charge is -2.04. The van der Waals surface area contributed by atoms with Crippen LogP contribution < -0.4 is 10.1 Å². The standard InChI is InChI=1S/C9H11FN6O/c1-3-11-8-12-4-6(10)7(14-8)17-9-13-5-16(2)15-9/h4-5H,3H2,1-2H3,(H,11,12,14). The number of aromatic nitrogens is 5. The summed E-state index contributed by atoms with van der Waals surface area (Å²) in [5.74, 6) is -0.582. The Morgan fingerprint density at radius 1 is 1.47 bits per heavy atom. The quantitative estimate of drug-likeness (QED) is 0.855. The second kappa shape index (κ2) is 4.73. The number of halogens is 1. The second-order valence-corrected chi connectivity index (χ2v) is 3.18. The monoisotopic (exact) mass is 238 g/mol. The van der Waals surface area contributed by atoms with E-state index in [2.05, 4.69) is 25.4 Å². The van der Waals surface area contributed by atoms with Crippen LogP contribution >= 0.6 is 0 Å². The second-order valence-electron chi connectivity index (χ2n) is 3.18. The van der Waals surface area contributed by atoms with Crippen LogP contribution in [0.4, 0.5) is 10.3 Å². The Morgan fingerprint density at radius 3 is 2.94 bits per heavy atom. The fourth-order valence-electron chi connectivity index (χ4n) is 1.12. The summed E-state index contributed by atoms with van der Waals surface area (Å²) in [7, 11) is 1.68. The molecular formula is C9H11FN6O. The van der Waals surface area contributed by atoms with Gasteiger partial charge in [0, 0.05) is 13.6 Å². The van der Waals surface area contributed by atoms with E-state index in [-0.39, 0.29) is 11.9 Å². The highest BCUT2D eigenvalue weighted by atomic mass is 19.1. The molecule has 0 bridgehead atoms. The van der Waals surface area contributed by atoms with Crippen molar-refractivity contribution < 1.29 is 9.13 Å². The van der Waals surface area contributed by atoms with Gasteiger partial charge in [-0.15, -0.1) is 5.10 Å². The van der Waals surface area contributed by atoms with Crippen LogP contribution in [0.1, 0.15) is 6.92 Å². The van der Waals surface area contributed by atoms with Crippen molar-refractivity contribution in [2.24, 2.45) is 7.05 Å². The van der Waals surface area contributed by atoms with E-state index in [0.717, 1.165) is 6.20 Å². The van der Waals surface area contributed by atoms with Crippen molar-refractivity contribution in [1.29, 1.82) is 0 Å². The van der Waals surface area contributed by atoms with E-state index in [1.54, 1.807) is 7.05 Å². The Bertz CT molecular complexity index is 514. The van der Waals surface area contributed by atoms with Crippen molar-refractivity contribution >= 4 is 5.95 Å². The summed E-state index contributed by atoms with van der Waals surface area (Å²) in [4.78, 5) is 11.4. The lowest BCUT2D eigenvalue weighted by molar-refractivity contribution is 0.390. The predicted molar refractivity (Wildman–Crippen MR) is 57.2 cm³/mol. The van der Waals surface area contributed by atoms with Gasteiger partial charge in [0.1, 0.15) is 6.33 Å². The summed E-state index contributed by atoms with van der Waals surface area (Å²) in [6.45, 7) is 2.51. The average molecular weight is 238 g/mol. The molecule has 0 radical (unpaired) electrons. The molecule has 2 aromatic rings. The number of hydrogen-bond donors (Lipinski definition) is 1. The number of anilines is 1. The van der Waals surface area contributed by atoms with Gasteiger partial charge in [-0.3, -0.25) is 4.68 Å². The Morgan fingerprint density at radius 2 is 2.29 bits per heavy atom. The third-order valence-corrected chi connectivity index (χ3v) is 1.81. The van der Waals surface area contributed by atoms with Gasteiger partial charge in [-0.1, -0.05) is 0 Å². The van der Waals surface area contributed by atoms with Crippen molar-refractivity contribution in [3.63, 3.8) is 0 Å². The fraction of sp³-hybridized carbons (Fsp3) is 0.333. The summed E-state index contributed by atoms with van der Waals surface area (Å²) in [5.41, 5.74) is 0. The Balaban J connectivity index is 2.22. The number of ether oxygens (including phenoxy) is 1. The van der Waals surface area contributed by atoms with Gasteiger partial charge in [0.2, 0.25) is 11.8 Å². The van der Waals surface area contributed by atoms with Crippen LogP contribution in [0.3, 0.4) is 0 Å². The highest BCUT2D eigenvalue weighted by molar-refractivity contribution is 5.29. The lowest BCUT2D eigenvalue weighted by Crippen LogP contribution is -2.04. The normalized spacial score (nSPS) is 10.3. The molecule has 0 aliphatic rings. The van der Waals surface area contributed by atoms with E-state index in [4.69, 9.17) is 4.74 Å². The highest BCUT2D eigenvalue weighted by Gasteiger charge is 2.11. The highest BCUT2D eigenvalue weighted by Crippen LogP contribution is 2.19. The van der Waals surface area contributed by atoms with Crippen molar-refractivity contribution in [1.82, 2.24) is 24.7 Å². The Kier molecular flexibility index (Phi) is 3.12. The van der Waals surface area contributed by atoms with Gasteiger partial charge in [0.05, 0.1) is 6.20 Å². The molecule has 7 nitrogen and oxygen atoms in total. The van der Waals surface area contributed by atoms with Crippen LogP contribution in [0.2, 0.25) is 0 Å². The molecule has 0 fully saturated rings. The molecule has 0 spiro atoms. The molecule has 17 heavy (non-hydrogen) atoms. The minimum atomic E-state index is -0.667. The summed E-state index contributed by atoms with van der Waals surface area (Å²) in [5, 5.41) is 6.71. The third-order valence-electron chi connectivity index (χ3n) is 1.81. The molecule has 90 valence electrons. The molecule has 2 aromatic heterocycles. The molecule has 0 aromatic carbocycles. The van der Waals surface area contributed by atoms with Crippen LogP contribution in [0.15, 0.2) is 12.5 Å². The molecule has 0 amide bonds. The smallest absolute Gasteiger partial charge is 0.342 e. The summed E-state index contributed by atoms with van der Waals surface area (Å²) < 4.78 is 19.9. The molecule has 0 saturated carbocycles. The van der Waals surface area contributed by atoms with E-state index in [1.807, 2.05) is 6.92 Å². The maximum Gasteiger partial charge on any atom is 0.342 e. The average Bonchev–Trinajstić information content (AvgIpc) is 2.69. The van der Waals surface area contributed by atoms with E-state index in [0.29, 0.717) is 12.5 Å². The van der Waals surface area contributed by atoms with Gasteiger partial charge in [0.15, 0.2) is 0 Å². The van der Waals surface area contributed by atoms with Gasteiger partial charge < -0.3 is 10.1 Å². The van der Waals surface area contributed by atoms with Gasteiger partial charge in [-0.25, -0.2) is 4.98 Å². The van der Waals surface area contributed by atoms with E-state index in [1.165, 1.54) is 11.0 Å². The predicted octanol–water partition coefficient (Wildman–Crippen LogP) is 0.968. The minimum Gasteiger partial charge on any atom is -0.401 e. The molecule has 0 unspecified atom stereocenters. The number of hydrogen-bond acceptors (Lipinski definition) is 6. The number of nitrogens with zero attached hydrogens (tertiary/aromatic N) is 5. The molecule has 0 aliphatic heterocycles. The van der Waals surface area contributed by atoms with Crippen LogP contribution in [0, 0.1) is 5.82 Å². The first kappa shape index (κ1) is 11.2. The van der Waals surface area contributed by atoms with Gasteiger partial charge >= 0.3 is 6.01 Å². The van der Waals surface area contributed by atoms with Crippen LogP contribution in [-0.4, -0.2) is 31.3 Å². The van der Waals surface area contributed by atoms with Gasteiger partial charge in [-0.05, 0) is 6.92 Å². The largest absolute Gasteiger partial charge is 0.401 e. The summed E-state index contributed by atoms with van der Waals surface area (Å²) in [6.07, 6.45) is 2.48. The summed E-state index contributed by atoms with van der Waals surface area (Å²) in [6, 6.07) is 0.0348. The minimum absolute atomic E-state index is 0.0348. The molecule has 1 N–H and O–H groups in total. The topological polar surface area (TPSA) is 77.8 Å². The first-order valence-corrected chi connectivity index (χ1v) is 4.99. The molecule has 0 atom stereocenters. The van der Waals surface area contributed by atoms with Crippen LogP contribution in [-0.2, 0) is 7.05 Å². The first-order chi connectivity index (χ1) is 8.19. The van der Waals surface area contributed by atoms with E-state index in [9.17, 15) is 4.39 Å².